The van der Waals surface area contributed by atoms with Gasteiger partial charge in [0.25, 0.3) is 0 Å². The third-order valence-electron chi connectivity index (χ3n) is 5.60. The van der Waals surface area contributed by atoms with Crippen LogP contribution in [0.15, 0.2) is 48.8 Å². The number of pyridine rings is 2. The largest absolute Gasteiger partial charge is 0.419 e. The molecule has 1 aromatic carbocycles. The Hall–Kier alpha value is -3.67. The molecular formula is C23H22F3N5O3S. The first-order valence-electron chi connectivity index (χ1n) is 10.5. The second kappa shape index (κ2) is 9.17. The first kappa shape index (κ1) is 24.5. The van der Waals surface area contributed by atoms with Crippen molar-refractivity contribution in [3.05, 3.63) is 71.0 Å². The molecule has 12 heteroatoms. The molecule has 184 valence electrons. The number of hydrogen-bond acceptors (Lipinski definition) is 7. The molecule has 0 saturated heterocycles. The molecule has 8 nitrogen and oxygen atoms in total. The van der Waals surface area contributed by atoms with Gasteiger partial charge in [0, 0.05) is 56.1 Å². The van der Waals surface area contributed by atoms with Crippen molar-refractivity contribution in [3.63, 3.8) is 0 Å². The molecule has 0 aliphatic heterocycles. The molecule has 1 aliphatic carbocycles. The molecule has 0 radical (unpaired) electrons. The summed E-state index contributed by atoms with van der Waals surface area (Å²) in [6, 6.07) is 9.73. The Morgan fingerprint density at radius 2 is 1.83 bits per heavy atom. The smallest absolute Gasteiger partial charge is 0.380 e. The number of Topliss-reactive ketones (excluding diaryl/α,β-unsaturated/α-hetero) is 1. The van der Waals surface area contributed by atoms with Crippen molar-refractivity contribution >= 4 is 38.8 Å². The van der Waals surface area contributed by atoms with Gasteiger partial charge in [0.2, 0.25) is 10.0 Å². The number of carbonyl (C=O) groups excluding carboxylic acids is 1. The first-order chi connectivity index (χ1) is 16.4. The van der Waals surface area contributed by atoms with E-state index in [0.717, 1.165) is 27.9 Å². The quantitative estimate of drug-likeness (QED) is 0.502. The molecule has 35 heavy (non-hydrogen) atoms. The maximum atomic E-state index is 13.7. The normalized spacial score (nSPS) is 13.5. The maximum Gasteiger partial charge on any atom is 0.419 e. The Labute approximate surface area is 200 Å². The van der Waals surface area contributed by atoms with E-state index in [-0.39, 0.29) is 29.7 Å². The van der Waals surface area contributed by atoms with Gasteiger partial charge in [0.05, 0.1) is 17.5 Å². The minimum Gasteiger partial charge on any atom is -0.380 e. The third-order valence-corrected chi connectivity index (χ3v) is 6.76. The molecule has 0 unspecified atom stereocenters. The van der Waals surface area contributed by atoms with Gasteiger partial charge < -0.3 is 10.6 Å². The summed E-state index contributed by atoms with van der Waals surface area (Å²) in [7, 11) is -2.30. The number of sulfonamides is 1. The van der Waals surface area contributed by atoms with E-state index in [1.807, 2.05) is 6.07 Å². The van der Waals surface area contributed by atoms with Crippen molar-refractivity contribution in [2.24, 2.45) is 0 Å². The van der Waals surface area contributed by atoms with E-state index >= 15 is 0 Å². The van der Waals surface area contributed by atoms with Gasteiger partial charge in [-0.25, -0.2) is 18.4 Å². The summed E-state index contributed by atoms with van der Waals surface area (Å²) in [5.74, 6) is 0.396. The summed E-state index contributed by atoms with van der Waals surface area (Å²) in [6.07, 6.45) is -0.811. The van der Waals surface area contributed by atoms with Gasteiger partial charge in [-0.15, -0.1) is 0 Å². The van der Waals surface area contributed by atoms with E-state index < -0.39 is 21.8 Å². The fraction of sp³-hybridized carbons (Fsp3) is 0.261. The number of fused-ring (bicyclic) bond motifs is 1. The van der Waals surface area contributed by atoms with Crippen molar-refractivity contribution in [2.75, 3.05) is 28.2 Å². The number of alkyl halides is 3. The molecule has 0 saturated carbocycles. The highest BCUT2D eigenvalue weighted by molar-refractivity contribution is 7.92. The van der Waals surface area contributed by atoms with Crippen LogP contribution in [-0.2, 0) is 40.4 Å². The van der Waals surface area contributed by atoms with Gasteiger partial charge in [-0.3, -0.25) is 9.10 Å². The van der Waals surface area contributed by atoms with Gasteiger partial charge in [0.15, 0.2) is 0 Å². The van der Waals surface area contributed by atoms with Crippen LogP contribution in [0.2, 0.25) is 0 Å². The fourth-order valence-electron chi connectivity index (χ4n) is 3.77. The van der Waals surface area contributed by atoms with Crippen LogP contribution in [0.1, 0.15) is 22.3 Å². The second-order valence-corrected chi connectivity index (χ2v) is 10.2. The zero-order valence-electron chi connectivity index (χ0n) is 18.8. The van der Waals surface area contributed by atoms with E-state index in [9.17, 15) is 26.4 Å². The Morgan fingerprint density at radius 1 is 1.09 bits per heavy atom. The third kappa shape index (κ3) is 5.53. The first-order valence-corrected chi connectivity index (χ1v) is 12.4. The molecular weight excluding hydrogens is 483 g/mol. The number of nitrogens with zero attached hydrogens (tertiary/aromatic N) is 3. The Morgan fingerprint density at radius 3 is 2.54 bits per heavy atom. The summed E-state index contributed by atoms with van der Waals surface area (Å²) >= 11 is 0. The highest BCUT2D eigenvalue weighted by atomic mass is 32.2. The topological polar surface area (TPSA) is 104 Å². The molecule has 0 fully saturated rings. The van der Waals surface area contributed by atoms with Crippen LogP contribution < -0.4 is 14.9 Å². The molecule has 2 heterocycles. The van der Waals surface area contributed by atoms with Gasteiger partial charge in [0.1, 0.15) is 17.4 Å². The Kier molecular flexibility index (Phi) is 6.41. The summed E-state index contributed by atoms with van der Waals surface area (Å²) in [5, 5.41) is 5.74. The number of halogens is 3. The van der Waals surface area contributed by atoms with Crippen molar-refractivity contribution < 1.29 is 26.4 Å². The van der Waals surface area contributed by atoms with E-state index in [4.69, 9.17) is 0 Å². The molecule has 0 atom stereocenters. The molecule has 0 bridgehead atoms. The lowest BCUT2D eigenvalue weighted by molar-refractivity contribution is -0.137. The number of rotatable bonds is 7. The van der Waals surface area contributed by atoms with Crippen LogP contribution in [0.25, 0.3) is 0 Å². The van der Waals surface area contributed by atoms with Gasteiger partial charge in [-0.05, 0) is 29.3 Å². The van der Waals surface area contributed by atoms with Crippen molar-refractivity contribution in [2.45, 2.75) is 25.6 Å². The second-order valence-electron chi connectivity index (χ2n) is 8.18. The van der Waals surface area contributed by atoms with Gasteiger partial charge in [-0.1, -0.05) is 12.1 Å². The lowest BCUT2D eigenvalue weighted by atomic mass is 10.1. The van der Waals surface area contributed by atoms with Crippen LogP contribution >= 0.6 is 0 Å². The minimum atomic E-state index is -4.66. The average molecular weight is 506 g/mol. The van der Waals surface area contributed by atoms with E-state index in [1.54, 1.807) is 24.3 Å². The van der Waals surface area contributed by atoms with E-state index in [1.165, 1.54) is 19.3 Å². The molecule has 0 spiro atoms. The van der Waals surface area contributed by atoms with Gasteiger partial charge >= 0.3 is 6.18 Å². The monoisotopic (exact) mass is 505 g/mol. The van der Waals surface area contributed by atoms with Crippen LogP contribution in [0.4, 0.5) is 36.2 Å². The predicted octanol–water partition coefficient (Wildman–Crippen LogP) is 3.91. The molecule has 4 rings (SSSR count). The van der Waals surface area contributed by atoms with Crippen molar-refractivity contribution in [3.8, 4) is 0 Å². The summed E-state index contributed by atoms with van der Waals surface area (Å²) in [4.78, 5) is 19.6. The highest BCUT2D eigenvalue weighted by Crippen LogP contribution is 2.36. The molecule has 2 N–H and O–H groups in total. The average Bonchev–Trinajstić information content (AvgIpc) is 3.15. The van der Waals surface area contributed by atoms with Crippen molar-refractivity contribution in [1.82, 2.24) is 9.97 Å². The highest BCUT2D eigenvalue weighted by Gasteiger charge is 2.34. The molecule has 2 aromatic heterocycles. The lowest BCUT2D eigenvalue weighted by Crippen LogP contribution is -2.27. The zero-order valence-corrected chi connectivity index (χ0v) is 19.7. The number of carbonyl (C=O) groups is 1. The fourth-order valence-corrected chi connectivity index (χ4v) is 4.25. The van der Waals surface area contributed by atoms with E-state index in [2.05, 4.69) is 20.6 Å². The number of nitrogens with one attached hydrogen (secondary N) is 2. The summed E-state index contributed by atoms with van der Waals surface area (Å²) in [5.41, 5.74) is 1.61. The number of benzene rings is 1. The van der Waals surface area contributed by atoms with Crippen LogP contribution in [0.5, 0.6) is 0 Å². The Bertz CT molecular complexity index is 1390. The lowest BCUT2D eigenvalue weighted by Gasteiger charge is -2.20. The summed E-state index contributed by atoms with van der Waals surface area (Å²) in [6.45, 7) is -0.115. The molecule has 1 aliphatic rings. The molecule has 0 amide bonds. The van der Waals surface area contributed by atoms with Crippen molar-refractivity contribution in [1.29, 1.82) is 0 Å². The summed E-state index contributed by atoms with van der Waals surface area (Å²) < 4.78 is 65.8. The zero-order chi connectivity index (χ0) is 25.4. The van der Waals surface area contributed by atoms with Gasteiger partial charge in [-0.2, -0.15) is 13.2 Å². The maximum absolute atomic E-state index is 13.7. The number of aromatic nitrogens is 2. The van der Waals surface area contributed by atoms with Crippen LogP contribution in [0, 0.1) is 0 Å². The molecule has 3 aromatic rings. The predicted molar refractivity (Wildman–Crippen MR) is 126 cm³/mol. The number of hydrogen-bond donors (Lipinski definition) is 2. The number of ketones is 1. The number of anilines is 4. The minimum absolute atomic E-state index is 0.108. The van der Waals surface area contributed by atoms with E-state index in [0.29, 0.717) is 24.1 Å². The van der Waals surface area contributed by atoms with Crippen LogP contribution in [-0.4, -0.2) is 37.5 Å². The SMILES string of the molecule is CN(c1ncccc1CNc1cc(Nc2ccc3c(c2)CC(=O)C3)ncc1C(F)(F)F)S(C)(=O)=O. The standard InChI is InChI=1S/C23H22F3N5O3S/c1-31(35(2,33)34)22-15(4-3-7-27-22)12-28-20-11-21(29-13-19(20)23(24,25)26)30-17-6-5-14-9-18(32)10-16(14)8-17/h3-8,11,13H,9-10,12H2,1-2H3,(H2,28,29,30). The Balaban J connectivity index is 1.61. The van der Waals surface area contributed by atoms with Crippen LogP contribution in [0.3, 0.4) is 0 Å².